The number of nitrogens with zero attached hydrogens (tertiary/aromatic N) is 2. The number of hydrogen-bond donors (Lipinski definition) is 0. The molecule has 1 aromatic heterocycles. The van der Waals surface area contributed by atoms with Gasteiger partial charge in [-0.3, -0.25) is 0 Å². The highest BCUT2D eigenvalue weighted by molar-refractivity contribution is 9.10. The first-order valence-electron chi connectivity index (χ1n) is 7.81. The third-order valence-electron chi connectivity index (χ3n) is 4.35. The van der Waals surface area contributed by atoms with Crippen LogP contribution in [0.5, 0.6) is 0 Å². The summed E-state index contributed by atoms with van der Waals surface area (Å²) in [7, 11) is 0. The topological polar surface area (TPSA) is 27.1 Å². The van der Waals surface area contributed by atoms with Gasteiger partial charge in [0.15, 0.2) is 5.82 Å². The number of halogens is 3. The minimum absolute atomic E-state index is 0.110. The molecule has 0 spiro atoms. The van der Waals surface area contributed by atoms with Crippen LogP contribution in [-0.2, 0) is 17.7 Å². The Labute approximate surface area is 146 Å². The van der Waals surface area contributed by atoms with Gasteiger partial charge in [0, 0.05) is 17.5 Å². The van der Waals surface area contributed by atoms with Crippen LogP contribution >= 0.6 is 15.9 Å². The number of hydrogen-bond acceptors (Lipinski definition) is 2. The summed E-state index contributed by atoms with van der Waals surface area (Å²) in [5.74, 6) is -0.0199. The molecule has 6 heteroatoms. The summed E-state index contributed by atoms with van der Waals surface area (Å²) >= 11 is 3.26. The summed E-state index contributed by atoms with van der Waals surface area (Å²) in [6, 6.07) is 9.84. The van der Waals surface area contributed by atoms with Crippen LogP contribution in [0.3, 0.4) is 0 Å². The molecule has 2 heterocycles. The number of imidazole rings is 1. The summed E-state index contributed by atoms with van der Waals surface area (Å²) in [5, 5.41) is 0. The lowest BCUT2D eigenvalue weighted by atomic mass is 10.1. The average molecular weight is 393 g/mol. The molecule has 3 nitrogen and oxygen atoms in total. The molecule has 1 fully saturated rings. The second-order valence-corrected chi connectivity index (χ2v) is 6.86. The molecule has 4 rings (SSSR count). The smallest absolute Gasteiger partial charge is 0.151 e. The van der Waals surface area contributed by atoms with E-state index in [4.69, 9.17) is 4.74 Å². The first kappa shape index (κ1) is 15.7. The minimum atomic E-state index is -0.363. The van der Waals surface area contributed by atoms with Crippen molar-refractivity contribution in [3.05, 3.63) is 63.9 Å². The molecule has 0 aliphatic carbocycles. The molecular weight excluding hydrogens is 378 g/mol. The number of para-hydroxylation sites is 1. The lowest BCUT2D eigenvalue weighted by Crippen LogP contribution is -2.31. The Bertz CT molecular complexity index is 905. The Balaban J connectivity index is 1.77. The third kappa shape index (κ3) is 2.84. The Morgan fingerprint density at radius 3 is 2.75 bits per heavy atom. The van der Waals surface area contributed by atoms with Gasteiger partial charge in [0.05, 0.1) is 18.2 Å². The molecular formula is C18H15BrF2N2O. The standard InChI is InChI=1S/C18H15BrF2N2O/c19-12-5-4-11(15(21)9-12)8-17-22-18-14(20)2-1-3-16(18)23(17)10-13-6-7-24-13/h1-5,9,13H,6-8,10H2/t13-/m0/s1. The highest BCUT2D eigenvalue weighted by Crippen LogP contribution is 2.25. The van der Waals surface area contributed by atoms with Gasteiger partial charge in [0.25, 0.3) is 0 Å². The number of aromatic nitrogens is 2. The maximum absolute atomic E-state index is 14.2. The highest BCUT2D eigenvalue weighted by atomic mass is 79.9. The number of rotatable bonds is 4. The van der Waals surface area contributed by atoms with Crippen LogP contribution in [0.4, 0.5) is 8.78 Å². The van der Waals surface area contributed by atoms with Crippen LogP contribution in [-0.4, -0.2) is 22.3 Å². The predicted molar refractivity (Wildman–Crippen MR) is 91.0 cm³/mol. The SMILES string of the molecule is Fc1cc(Br)ccc1Cc1nc2c(F)cccc2n1C[C@@H]1CCO1. The Morgan fingerprint density at radius 1 is 1.21 bits per heavy atom. The number of benzene rings is 2. The lowest BCUT2D eigenvalue weighted by Gasteiger charge is -2.27. The van der Waals surface area contributed by atoms with E-state index in [0.29, 0.717) is 34.3 Å². The fourth-order valence-electron chi connectivity index (χ4n) is 2.97. The average Bonchev–Trinajstić information content (AvgIpc) is 2.85. The van der Waals surface area contributed by atoms with Crippen molar-refractivity contribution in [2.24, 2.45) is 0 Å². The zero-order valence-electron chi connectivity index (χ0n) is 12.8. The van der Waals surface area contributed by atoms with Crippen molar-refractivity contribution in [3.8, 4) is 0 Å². The van der Waals surface area contributed by atoms with Gasteiger partial charge in [-0.05, 0) is 36.2 Å². The summed E-state index contributed by atoms with van der Waals surface area (Å²) in [6.07, 6.45) is 1.39. The zero-order valence-corrected chi connectivity index (χ0v) is 14.4. The monoisotopic (exact) mass is 392 g/mol. The van der Waals surface area contributed by atoms with E-state index in [9.17, 15) is 8.78 Å². The summed E-state index contributed by atoms with van der Waals surface area (Å²) in [4.78, 5) is 4.44. The van der Waals surface area contributed by atoms with E-state index in [1.54, 1.807) is 18.2 Å². The lowest BCUT2D eigenvalue weighted by molar-refractivity contribution is -0.0589. The van der Waals surface area contributed by atoms with Crippen LogP contribution in [0.2, 0.25) is 0 Å². The Hall–Kier alpha value is -1.79. The minimum Gasteiger partial charge on any atom is -0.376 e. The molecule has 0 radical (unpaired) electrons. The van der Waals surface area contributed by atoms with Crippen molar-refractivity contribution in [2.75, 3.05) is 6.61 Å². The van der Waals surface area contributed by atoms with E-state index in [1.165, 1.54) is 12.1 Å². The molecule has 124 valence electrons. The van der Waals surface area contributed by atoms with Gasteiger partial charge in [-0.15, -0.1) is 0 Å². The largest absolute Gasteiger partial charge is 0.376 e. The normalized spacial score (nSPS) is 17.2. The molecule has 24 heavy (non-hydrogen) atoms. The molecule has 1 saturated heterocycles. The van der Waals surface area contributed by atoms with Crippen molar-refractivity contribution < 1.29 is 13.5 Å². The van der Waals surface area contributed by atoms with E-state index >= 15 is 0 Å². The molecule has 0 N–H and O–H groups in total. The van der Waals surface area contributed by atoms with Gasteiger partial charge in [0.2, 0.25) is 0 Å². The van der Waals surface area contributed by atoms with Crippen molar-refractivity contribution in [2.45, 2.75) is 25.5 Å². The molecule has 1 atom stereocenters. The van der Waals surface area contributed by atoms with E-state index in [0.717, 1.165) is 18.5 Å². The van der Waals surface area contributed by atoms with E-state index in [1.807, 2.05) is 10.6 Å². The van der Waals surface area contributed by atoms with Crippen LogP contribution in [0, 0.1) is 11.6 Å². The van der Waals surface area contributed by atoms with Crippen molar-refractivity contribution in [1.29, 1.82) is 0 Å². The molecule has 3 aromatic rings. The molecule has 1 aliphatic rings. The van der Waals surface area contributed by atoms with Gasteiger partial charge in [-0.25, -0.2) is 13.8 Å². The van der Waals surface area contributed by atoms with Gasteiger partial charge in [-0.2, -0.15) is 0 Å². The molecule has 0 saturated carbocycles. The molecule has 1 aliphatic heterocycles. The molecule has 0 amide bonds. The quantitative estimate of drug-likeness (QED) is 0.655. The molecule has 0 bridgehead atoms. The van der Waals surface area contributed by atoms with Crippen molar-refractivity contribution in [1.82, 2.24) is 9.55 Å². The van der Waals surface area contributed by atoms with Crippen LogP contribution in [0.25, 0.3) is 11.0 Å². The maximum Gasteiger partial charge on any atom is 0.151 e. The van der Waals surface area contributed by atoms with Crippen molar-refractivity contribution in [3.63, 3.8) is 0 Å². The van der Waals surface area contributed by atoms with Gasteiger partial charge < -0.3 is 9.30 Å². The van der Waals surface area contributed by atoms with Gasteiger partial charge >= 0.3 is 0 Å². The Morgan fingerprint density at radius 2 is 2.04 bits per heavy atom. The van der Waals surface area contributed by atoms with E-state index in [-0.39, 0.29) is 17.7 Å². The fourth-order valence-corrected chi connectivity index (χ4v) is 3.30. The van der Waals surface area contributed by atoms with E-state index in [2.05, 4.69) is 20.9 Å². The second-order valence-electron chi connectivity index (χ2n) is 5.94. The second kappa shape index (κ2) is 6.26. The first-order chi connectivity index (χ1) is 11.6. The number of fused-ring (bicyclic) bond motifs is 1. The fraction of sp³-hybridized carbons (Fsp3) is 0.278. The van der Waals surface area contributed by atoms with Crippen LogP contribution in [0.1, 0.15) is 17.8 Å². The maximum atomic E-state index is 14.2. The summed E-state index contributed by atoms with van der Waals surface area (Å²) in [5.41, 5.74) is 1.58. The zero-order chi connectivity index (χ0) is 16.7. The predicted octanol–water partition coefficient (Wildman–Crippen LogP) is 4.46. The molecule has 0 unspecified atom stereocenters. The molecule has 2 aromatic carbocycles. The number of ether oxygens (including phenoxy) is 1. The van der Waals surface area contributed by atoms with E-state index < -0.39 is 0 Å². The Kier molecular flexibility index (Phi) is 4.10. The first-order valence-corrected chi connectivity index (χ1v) is 8.60. The summed E-state index contributed by atoms with van der Waals surface area (Å²) in [6.45, 7) is 1.36. The third-order valence-corrected chi connectivity index (χ3v) is 4.85. The van der Waals surface area contributed by atoms with Gasteiger partial charge in [-0.1, -0.05) is 28.1 Å². The van der Waals surface area contributed by atoms with Crippen LogP contribution in [0.15, 0.2) is 40.9 Å². The van der Waals surface area contributed by atoms with Crippen molar-refractivity contribution >= 4 is 27.0 Å². The highest BCUT2D eigenvalue weighted by Gasteiger charge is 2.23. The van der Waals surface area contributed by atoms with Gasteiger partial charge in [0.1, 0.15) is 17.2 Å². The van der Waals surface area contributed by atoms with Crippen LogP contribution < -0.4 is 0 Å². The summed E-state index contributed by atoms with van der Waals surface area (Å²) < 4.78 is 36.4.